The van der Waals surface area contributed by atoms with Crippen molar-refractivity contribution in [3.05, 3.63) is 12.2 Å². The van der Waals surface area contributed by atoms with E-state index < -0.39 is 0 Å². The van der Waals surface area contributed by atoms with Crippen molar-refractivity contribution in [3.63, 3.8) is 0 Å². The van der Waals surface area contributed by atoms with Gasteiger partial charge in [0.15, 0.2) is 9.76 Å². The van der Waals surface area contributed by atoms with E-state index in [4.69, 9.17) is 4.43 Å². The van der Waals surface area contributed by atoms with Crippen LogP contribution in [0.1, 0.15) is 26.7 Å². The predicted octanol–water partition coefficient (Wildman–Crippen LogP) is 1.88. The van der Waals surface area contributed by atoms with Gasteiger partial charge in [0.25, 0.3) is 0 Å². The molecule has 0 aliphatic carbocycles. The molecule has 1 saturated heterocycles. The topological polar surface area (TPSA) is 9.23 Å². The standard InChI is InChI=1S/C4H10OSi.C4H8/c1-2-4-6-5-3-1;1-4(2)3/h1-4,6H2;1H2,2-3H3. The average Bonchev–Trinajstić information content (AvgIpc) is 1.90. The monoisotopic (exact) mass is 158 g/mol. The Morgan fingerprint density at radius 1 is 1.40 bits per heavy atom. The van der Waals surface area contributed by atoms with Crippen LogP contribution < -0.4 is 0 Å². The molecule has 0 aromatic carbocycles. The van der Waals surface area contributed by atoms with Gasteiger partial charge >= 0.3 is 0 Å². The van der Waals surface area contributed by atoms with Gasteiger partial charge in [-0.1, -0.05) is 12.0 Å². The molecular formula is C8H18OSi. The Labute approximate surface area is 66.4 Å². The maximum Gasteiger partial charge on any atom is 0.161 e. The summed E-state index contributed by atoms with van der Waals surface area (Å²) in [6.45, 7) is 8.56. The number of rotatable bonds is 0. The average molecular weight is 158 g/mol. The fourth-order valence-electron chi connectivity index (χ4n) is 0.687. The number of hydrogen-bond acceptors (Lipinski definition) is 1. The third-order valence-electron chi connectivity index (χ3n) is 1.08. The van der Waals surface area contributed by atoms with E-state index >= 15 is 0 Å². The summed E-state index contributed by atoms with van der Waals surface area (Å²) in [4.78, 5) is 0. The molecule has 0 aromatic heterocycles. The van der Waals surface area contributed by atoms with Crippen molar-refractivity contribution in [2.24, 2.45) is 0 Å². The van der Waals surface area contributed by atoms with Crippen LogP contribution in [0.5, 0.6) is 0 Å². The van der Waals surface area contributed by atoms with Crippen LogP contribution in [-0.2, 0) is 4.43 Å². The molecule has 0 aromatic rings. The van der Waals surface area contributed by atoms with Crippen LogP contribution in [0.25, 0.3) is 0 Å². The van der Waals surface area contributed by atoms with Crippen LogP contribution in [0.15, 0.2) is 12.2 Å². The minimum atomic E-state index is 0.00849. The van der Waals surface area contributed by atoms with Gasteiger partial charge in [0, 0.05) is 6.61 Å². The van der Waals surface area contributed by atoms with Gasteiger partial charge in [0.05, 0.1) is 0 Å². The Morgan fingerprint density at radius 2 is 2.00 bits per heavy atom. The molecule has 0 radical (unpaired) electrons. The summed E-state index contributed by atoms with van der Waals surface area (Å²) >= 11 is 0. The first-order valence-corrected chi connectivity index (χ1v) is 5.51. The molecular weight excluding hydrogens is 140 g/mol. The Bertz CT molecular complexity index is 71.7. The molecule has 0 bridgehead atoms. The highest BCUT2D eigenvalue weighted by Gasteiger charge is 1.96. The largest absolute Gasteiger partial charge is 0.424 e. The maximum absolute atomic E-state index is 5.21. The molecule has 1 rings (SSSR count). The molecule has 0 amide bonds. The number of hydrogen-bond donors (Lipinski definition) is 0. The van der Waals surface area contributed by atoms with E-state index in [1.807, 2.05) is 13.8 Å². The molecule has 0 N–H and O–H groups in total. The van der Waals surface area contributed by atoms with E-state index in [9.17, 15) is 0 Å². The zero-order valence-corrected chi connectivity index (χ0v) is 8.57. The van der Waals surface area contributed by atoms with Crippen molar-refractivity contribution >= 4 is 9.76 Å². The van der Waals surface area contributed by atoms with E-state index in [0.29, 0.717) is 0 Å². The first-order valence-electron chi connectivity index (χ1n) is 3.93. The fraction of sp³-hybridized carbons (Fsp3) is 0.750. The van der Waals surface area contributed by atoms with Crippen molar-refractivity contribution in [3.8, 4) is 0 Å². The van der Waals surface area contributed by atoms with E-state index in [0.717, 1.165) is 6.61 Å². The van der Waals surface area contributed by atoms with Crippen LogP contribution in [0.2, 0.25) is 6.04 Å². The zero-order valence-electron chi connectivity index (χ0n) is 7.15. The molecule has 0 spiro atoms. The van der Waals surface area contributed by atoms with Gasteiger partial charge in [0.2, 0.25) is 0 Å². The van der Waals surface area contributed by atoms with Gasteiger partial charge < -0.3 is 4.43 Å². The lowest BCUT2D eigenvalue weighted by molar-refractivity contribution is 0.304. The first kappa shape index (κ1) is 9.92. The predicted molar refractivity (Wildman–Crippen MR) is 49.0 cm³/mol. The summed E-state index contributed by atoms with van der Waals surface area (Å²) in [6, 6.07) is 1.42. The van der Waals surface area contributed by atoms with Gasteiger partial charge in [-0.2, -0.15) is 0 Å². The lowest BCUT2D eigenvalue weighted by Crippen LogP contribution is -2.06. The molecule has 1 aliphatic heterocycles. The van der Waals surface area contributed by atoms with Crippen LogP contribution in [0.3, 0.4) is 0 Å². The summed E-state index contributed by atoms with van der Waals surface area (Å²) in [5.74, 6) is 0. The van der Waals surface area contributed by atoms with Gasteiger partial charge in [0.1, 0.15) is 0 Å². The van der Waals surface area contributed by atoms with Gasteiger partial charge in [-0.05, 0) is 26.3 Å². The van der Waals surface area contributed by atoms with Gasteiger partial charge in [-0.15, -0.1) is 6.58 Å². The Hall–Kier alpha value is -0.0831. The Kier molecular flexibility index (Phi) is 6.97. The molecule has 10 heavy (non-hydrogen) atoms. The SMILES string of the molecule is C1CC[SiH2]OC1.C=C(C)C. The molecule has 0 atom stereocenters. The fourth-order valence-corrected chi connectivity index (χ4v) is 1.86. The molecule has 2 heteroatoms. The maximum atomic E-state index is 5.21. The van der Waals surface area contributed by atoms with Crippen LogP contribution in [-0.4, -0.2) is 16.4 Å². The first-order chi connectivity index (χ1) is 4.73. The van der Waals surface area contributed by atoms with Crippen molar-refractivity contribution in [1.29, 1.82) is 0 Å². The molecule has 1 heterocycles. The normalized spacial score (nSPS) is 19.4. The molecule has 1 nitrogen and oxygen atoms in total. The van der Waals surface area contributed by atoms with Crippen molar-refractivity contribution in [2.45, 2.75) is 32.7 Å². The molecule has 1 fully saturated rings. The molecule has 0 saturated carbocycles. The van der Waals surface area contributed by atoms with Crippen LogP contribution in [0, 0.1) is 0 Å². The van der Waals surface area contributed by atoms with Crippen LogP contribution >= 0.6 is 0 Å². The van der Waals surface area contributed by atoms with E-state index in [1.165, 1.54) is 24.5 Å². The van der Waals surface area contributed by atoms with Gasteiger partial charge in [-0.25, -0.2) is 0 Å². The van der Waals surface area contributed by atoms with E-state index in [1.54, 1.807) is 0 Å². The van der Waals surface area contributed by atoms with Crippen molar-refractivity contribution in [1.82, 2.24) is 0 Å². The summed E-state index contributed by atoms with van der Waals surface area (Å²) < 4.78 is 5.21. The highest BCUT2D eigenvalue weighted by molar-refractivity contribution is 6.27. The quantitative estimate of drug-likeness (QED) is 0.386. The molecule has 0 unspecified atom stereocenters. The highest BCUT2D eigenvalue weighted by atomic mass is 28.2. The Morgan fingerprint density at radius 3 is 2.10 bits per heavy atom. The smallest absolute Gasteiger partial charge is 0.161 e. The summed E-state index contributed by atoms with van der Waals surface area (Å²) in [6.07, 6.45) is 2.75. The lowest BCUT2D eigenvalue weighted by atomic mass is 10.4. The minimum absolute atomic E-state index is 0.00849. The van der Waals surface area contributed by atoms with Crippen LogP contribution in [0.4, 0.5) is 0 Å². The highest BCUT2D eigenvalue weighted by Crippen LogP contribution is 2.01. The lowest BCUT2D eigenvalue weighted by Gasteiger charge is -2.07. The van der Waals surface area contributed by atoms with E-state index in [2.05, 4.69) is 6.58 Å². The summed E-state index contributed by atoms with van der Waals surface area (Å²) in [5, 5.41) is 0. The third-order valence-corrected chi connectivity index (χ3v) is 2.44. The molecule has 60 valence electrons. The van der Waals surface area contributed by atoms with E-state index in [-0.39, 0.29) is 9.76 Å². The minimum Gasteiger partial charge on any atom is -0.424 e. The summed E-state index contributed by atoms with van der Waals surface area (Å²) in [5.41, 5.74) is 1.17. The second kappa shape index (κ2) is 7.03. The number of allylic oxidation sites excluding steroid dienone is 1. The summed E-state index contributed by atoms with van der Waals surface area (Å²) in [7, 11) is 0.00849. The van der Waals surface area contributed by atoms with Crippen molar-refractivity contribution < 1.29 is 4.43 Å². The zero-order chi connectivity index (χ0) is 7.82. The molecule has 1 aliphatic rings. The Balaban J connectivity index is 0.000000180. The second-order valence-corrected chi connectivity index (χ2v) is 4.40. The van der Waals surface area contributed by atoms with Crippen molar-refractivity contribution in [2.75, 3.05) is 6.61 Å². The third kappa shape index (κ3) is 10.8. The second-order valence-electron chi connectivity index (χ2n) is 2.88. The van der Waals surface area contributed by atoms with Gasteiger partial charge in [-0.3, -0.25) is 0 Å².